The van der Waals surface area contributed by atoms with E-state index >= 15 is 0 Å². The molecule has 0 fully saturated rings. The molecule has 0 aliphatic rings. The predicted molar refractivity (Wildman–Crippen MR) is 88.0 cm³/mol. The maximum absolute atomic E-state index is 9.28. The zero-order chi connectivity index (χ0) is 15.6. The van der Waals surface area contributed by atoms with Crippen molar-refractivity contribution < 1.29 is 9.84 Å². The summed E-state index contributed by atoms with van der Waals surface area (Å²) in [6.07, 6.45) is 10.9. The molecule has 0 unspecified atom stereocenters. The zero-order valence-corrected chi connectivity index (χ0v) is 13.2. The maximum Gasteiger partial charge on any atom is 0.316 e. The molecule has 0 amide bonds. The Bertz CT molecular complexity index is 538. The molecular formula is C18H24N2O2. The largest absolute Gasteiger partial charge is 0.508 e. The van der Waals surface area contributed by atoms with Gasteiger partial charge >= 0.3 is 6.01 Å². The quantitative estimate of drug-likeness (QED) is 0.688. The zero-order valence-electron chi connectivity index (χ0n) is 13.2. The lowest BCUT2D eigenvalue weighted by Crippen LogP contribution is -2.01. The number of hydrogen-bond donors (Lipinski definition) is 1. The van der Waals surface area contributed by atoms with E-state index in [1.807, 2.05) is 12.1 Å². The molecule has 2 aromatic rings. The summed E-state index contributed by atoms with van der Waals surface area (Å²) < 4.78 is 5.56. The number of nitrogens with zero attached hydrogens (tertiary/aromatic N) is 2. The highest BCUT2D eigenvalue weighted by Gasteiger charge is 2.01. The van der Waals surface area contributed by atoms with Crippen molar-refractivity contribution in [2.45, 2.75) is 45.4 Å². The number of phenols is 1. The summed E-state index contributed by atoms with van der Waals surface area (Å²) in [6.45, 7) is 2.90. The first-order chi connectivity index (χ1) is 10.8. The summed E-state index contributed by atoms with van der Waals surface area (Å²) in [5, 5.41) is 9.28. The Labute approximate surface area is 132 Å². The van der Waals surface area contributed by atoms with Crippen LogP contribution >= 0.6 is 0 Å². The van der Waals surface area contributed by atoms with Crippen LogP contribution in [0.15, 0.2) is 36.7 Å². The number of ether oxygens (including phenoxy) is 1. The van der Waals surface area contributed by atoms with E-state index in [0.29, 0.717) is 12.6 Å². The van der Waals surface area contributed by atoms with Crippen LogP contribution < -0.4 is 4.74 Å². The van der Waals surface area contributed by atoms with Gasteiger partial charge in [0.15, 0.2) is 0 Å². The Balaban J connectivity index is 1.74. The van der Waals surface area contributed by atoms with Crippen molar-refractivity contribution in [1.82, 2.24) is 9.97 Å². The fourth-order valence-corrected chi connectivity index (χ4v) is 2.24. The van der Waals surface area contributed by atoms with Crippen LogP contribution in [0.25, 0.3) is 11.1 Å². The molecule has 0 atom stereocenters. The molecule has 118 valence electrons. The number of hydrogen-bond acceptors (Lipinski definition) is 4. The van der Waals surface area contributed by atoms with Crippen molar-refractivity contribution in [1.29, 1.82) is 0 Å². The van der Waals surface area contributed by atoms with Gasteiger partial charge in [-0.1, -0.05) is 51.2 Å². The molecule has 0 spiro atoms. The third-order valence-electron chi connectivity index (χ3n) is 3.56. The van der Waals surface area contributed by atoms with Crippen molar-refractivity contribution in [3.8, 4) is 22.9 Å². The molecule has 1 heterocycles. The first kappa shape index (κ1) is 16.3. The number of aromatic hydroxyl groups is 1. The van der Waals surface area contributed by atoms with Gasteiger partial charge in [0.2, 0.25) is 0 Å². The van der Waals surface area contributed by atoms with Gasteiger partial charge < -0.3 is 9.84 Å². The van der Waals surface area contributed by atoms with E-state index < -0.39 is 0 Å². The minimum atomic E-state index is 0.253. The Kier molecular flexibility index (Phi) is 6.68. The van der Waals surface area contributed by atoms with E-state index in [-0.39, 0.29) is 5.75 Å². The van der Waals surface area contributed by atoms with Crippen LogP contribution in [0.1, 0.15) is 45.4 Å². The van der Waals surface area contributed by atoms with Crippen molar-refractivity contribution in [3.05, 3.63) is 36.7 Å². The van der Waals surface area contributed by atoms with Gasteiger partial charge in [0.05, 0.1) is 6.61 Å². The van der Waals surface area contributed by atoms with Crippen molar-refractivity contribution in [2.75, 3.05) is 6.61 Å². The second kappa shape index (κ2) is 9.03. The van der Waals surface area contributed by atoms with E-state index in [4.69, 9.17) is 4.74 Å². The molecule has 0 saturated heterocycles. The first-order valence-corrected chi connectivity index (χ1v) is 8.04. The van der Waals surface area contributed by atoms with Crippen LogP contribution in [0.2, 0.25) is 0 Å². The molecule has 1 aromatic heterocycles. The summed E-state index contributed by atoms with van der Waals surface area (Å²) in [6, 6.07) is 7.41. The van der Waals surface area contributed by atoms with Crippen molar-refractivity contribution in [3.63, 3.8) is 0 Å². The Morgan fingerprint density at radius 1 is 0.864 bits per heavy atom. The maximum atomic E-state index is 9.28. The third-order valence-corrected chi connectivity index (χ3v) is 3.56. The average molecular weight is 300 g/mol. The van der Waals surface area contributed by atoms with E-state index in [0.717, 1.165) is 17.5 Å². The SMILES string of the molecule is CCCCCCCCOc1ncc(-c2ccc(O)cc2)cn1. The molecule has 0 saturated carbocycles. The van der Waals surface area contributed by atoms with Gasteiger partial charge in [-0.15, -0.1) is 0 Å². The average Bonchev–Trinajstić information content (AvgIpc) is 2.55. The molecule has 4 nitrogen and oxygen atoms in total. The van der Waals surface area contributed by atoms with Gasteiger partial charge in [-0.25, -0.2) is 9.97 Å². The second-order valence-electron chi connectivity index (χ2n) is 5.42. The Hall–Kier alpha value is -2.10. The highest BCUT2D eigenvalue weighted by molar-refractivity contribution is 5.62. The molecule has 0 radical (unpaired) electrons. The lowest BCUT2D eigenvalue weighted by molar-refractivity contribution is 0.281. The smallest absolute Gasteiger partial charge is 0.316 e. The number of benzene rings is 1. The molecule has 0 aliphatic carbocycles. The van der Waals surface area contributed by atoms with Gasteiger partial charge in [-0.05, 0) is 24.1 Å². The van der Waals surface area contributed by atoms with Gasteiger partial charge in [0.25, 0.3) is 0 Å². The third kappa shape index (κ3) is 5.35. The lowest BCUT2D eigenvalue weighted by Gasteiger charge is -2.05. The van der Waals surface area contributed by atoms with E-state index in [1.165, 1.54) is 32.1 Å². The van der Waals surface area contributed by atoms with Crippen LogP contribution in [0.5, 0.6) is 11.8 Å². The number of phenolic OH excluding ortho intramolecular Hbond substituents is 1. The molecule has 4 heteroatoms. The number of rotatable bonds is 9. The normalized spacial score (nSPS) is 10.6. The summed E-state index contributed by atoms with van der Waals surface area (Å²) in [5.74, 6) is 0.253. The Morgan fingerprint density at radius 3 is 2.18 bits per heavy atom. The summed E-state index contributed by atoms with van der Waals surface area (Å²) in [7, 11) is 0. The summed E-state index contributed by atoms with van der Waals surface area (Å²) >= 11 is 0. The standard InChI is InChI=1S/C18H24N2O2/c1-2-3-4-5-6-7-12-22-18-19-13-16(14-20-18)15-8-10-17(21)11-9-15/h8-11,13-14,21H,2-7,12H2,1H3. The lowest BCUT2D eigenvalue weighted by atomic mass is 10.1. The van der Waals surface area contributed by atoms with Gasteiger partial charge in [0, 0.05) is 18.0 Å². The van der Waals surface area contributed by atoms with Crippen LogP contribution in [0.3, 0.4) is 0 Å². The van der Waals surface area contributed by atoms with E-state index in [1.54, 1.807) is 24.5 Å². The first-order valence-electron chi connectivity index (χ1n) is 8.04. The topological polar surface area (TPSA) is 55.2 Å². The van der Waals surface area contributed by atoms with Gasteiger partial charge in [-0.3, -0.25) is 0 Å². The fraction of sp³-hybridized carbons (Fsp3) is 0.444. The molecule has 0 aliphatic heterocycles. The number of aromatic nitrogens is 2. The summed E-state index contributed by atoms with van der Waals surface area (Å²) in [4.78, 5) is 8.46. The van der Waals surface area contributed by atoms with Crippen LogP contribution in [-0.2, 0) is 0 Å². The van der Waals surface area contributed by atoms with E-state index in [2.05, 4.69) is 16.9 Å². The molecule has 0 bridgehead atoms. The molecule has 1 aromatic carbocycles. The predicted octanol–water partition coefficient (Wildman–Crippen LogP) is 4.59. The van der Waals surface area contributed by atoms with Crippen molar-refractivity contribution in [2.24, 2.45) is 0 Å². The van der Waals surface area contributed by atoms with Crippen LogP contribution in [-0.4, -0.2) is 21.7 Å². The molecule has 22 heavy (non-hydrogen) atoms. The summed E-state index contributed by atoms with van der Waals surface area (Å²) in [5.41, 5.74) is 1.88. The van der Waals surface area contributed by atoms with Crippen molar-refractivity contribution >= 4 is 0 Å². The highest BCUT2D eigenvalue weighted by atomic mass is 16.5. The van der Waals surface area contributed by atoms with Gasteiger partial charge in [-0.2, -0.15) is 0 Å². The molecule has 1 N–H and O–H groups in total. The number of unbranched alkanes of at least 4 members (excludes halogenated alkanes) is 5. The van der Waals surface area contributed by atoms with Crippen LogP contribution in [0, 0.1) is 0 Å². The second-order valence-corrected chi connectivity index (χ2v) is 5.42. The fourth-order valence-electron chi connectivity index (χ4n) is 2.24. The van der Waals surface area contributed by atoms with Crippen LogP contribution in [0.4, 0.5) is 0 Å². The highest BCUT2D eigenvalue weighted by Crippen LogP contribution is 2.21. The molecule has 2 rings (SSSR count). The van der Waals surface area contributed by atoms with Gasteiger partial charge in [0.1, 0.15) is 5.75 Å². The monoisotopic (exact) mass is 300 g/mol. The Morgan fingerprint density at radius 2 is 1.50 bits per heavy atom. The van der Waals surface area contributed by atoms with E-state index in [9.17, 15) is 5.11 Å². The minimum Gasteiger partial charge on any atom is -0.508 e. The molecular weight excluding hydrogens is 276 g/mol. The minimum absolute atomic E-state index is 0.253.